The molecule has 0 aromatic rings. The van der Waals surface area contributed by atoms with Crippen molar-refractivity contribution in [3.63, 3.8) is 0 Å². The van der Waals surface area contributed by atoms with Crippen LogP contribution in [0.15, 0.2) is 0 Å². The molecule has 0 aliphatic carbocycles. The number of hydrogen-bond donors (Lipinski definition) is 0. The molecule has 6 nitrogen and oxygen atoms in total. The molecular formula is C66H128O6. The van der Waals surface area contributed by atoms with Crippen LogP contribution in [0, 0.1) is 5.41 Å². The summed E-state index contributed by atoms with van der Waals surface area (Å²) in [6.07, 6.45) is 68.4. The lowest BCUT2D eigenvalue weighted by molar-refractivity contribution is -0.162. The van der Waals surface area contributed by atoms with Gasteiger partial charge in [-0.25, -0.2) is 0 Å². The summed E-state index contributed by atoms with van der Waals surface area (Å²) < 4.78 is 17.6. The van der Waals surface area contributed by atoms with E-state index in [1.54, 1.807) is 0 Å². The zero-order chi connectivity index (χ0) is 52.4. The van der Waals surface area contributed by atoms with Gasteiger partial charge in [0.1, 0.15) is 19.8 Å². The van der Waals surface area contributed by atoms with Crippen molar-refractivity contribution in [3.8, 4) is 0 Å². The number of esters is 3. The average Bonchev–Trinajstić information content (AvgIpc) is 3.39. The van der Waals surface area contributed by atoms with Crippen LogP contribution in [-0.4, -0.2) is 37.7 Å². The number of carbonyl (C=O) groups excluding carboxylic acids is 3. The summed E-state index contributed by atoms with van der Waals surface area (Å²) in [5, 5.41) is 0. The molecule has 0 aromatic carbocycles. The number of ether oxygens (including phenoxy) is 3. The molecule has 0 aliphatic heterocycles. The predicted molar refractivity (Wildman–Crippen MR) is 312 cm³/mol. The fraction of sp³-hybridized carbons (Fsp3) is 0.955. The lowest BCUT2D eigenvalue weighted by atomic mass is 9.88. The monoisotopic (exact) mass is 1020 g/mol. The highest BCUT2D eigenvalue weighted by molar-refractivity contribution is 5.70. The van der Waals surface area contributed by atoms with Gasteiger partial charge in [-0.15, -0.1) is 0 Å². The van der Waals surface area contributed by atoms with Crippen molar-refractivity contribution < 1.29 is 28.6 Å². The highest BCUT2D eigenvalue weighted by Gasteiger charge is 2.34. The van der Waals surface area contributed by atoms with Crippen LogP contribution < -0.4 is 0 Å². The molecular weight excluding hydrogens is 889 g/mol. The number of carbonyl (C=O) groups is 3. The number of unbranched alkanes of at least 4 members (excludes halogenated alkanes) is 48. The van der Waals surface area contributed by atoms with E-state index in [0.717, 1.165) is 57.8 Å². The SMILES string of the molecule is CCCCCCCCCCCCCCCCCCCC(=O)OCC(CC)(COC(=O)CCCCCCCCCCCCCCCCCCC)COC(=O)CCCCCCCCCCCCCCCCCCC. The fourth-order valence-corrected chi connectivity index (χ4v) is 10.3. The van der Waals surface area contributed by atoms with E-state index in [0.29, 0.717) is 25.7 Å². The quantitative estimate of drug-likeness (QED) is 0.0343. The second-order valence-corrected chi connectivity index (χ2v) is 23.1. The fourth-order valence-electron chi connectivity index (χ4n) is 10.3. The normalized spacial score (nSPS) is 11.7. The summed E-state index contributed by atoms with van der Waals surface area (Å²) in [4.78, 5) is 38.9. The van der Waals surface area contributed by atoms with Crippen molar-refractivity contribution in [2.45, 2.75) is 381 Å². The summed E-state index contributed by atoms with van der Waals surface area (Å²) in [5.41, 5.74) is -0.738. The second kappa shape index (κ2) is 58.7. The van der Waals surface area contributed by atoms with Crippen LogP contribution in [-0.2, 0) is 28.6 Å². The zero-order valence-electron chi connectivity index (χ0n) is 49.5. The van der Waals surface area contributed by atoms with Crippen molar-refractivity contribution in [2.24, 2.45) is 5.41 Å². The van der Waals surface area contributed by atoms with E-state index in [1.807, 2.05) is 6.92 Å². The van der Waals surface area contributed by atoms with Crippen molar-refractivity contribution in [3.05, 3.63) is 0 Å². The minimum absolute atomic E-state index is 0.0973. The van der Waals surface area contributed by atoms with Crippen molar-refractivity contribution in [1.29, 1.82) is 0 Å². The van der Waals surface area contributed by atoms with Crippen LogP contribution in [0.5, 0.6) is 0 Å². The smallest absolute Gasteiger partial charge is 0.305 e. The van der Waals surface area contributed by atoms with Gasteiger partial charge in [0.15, 0.2) is 0 Å². The molecule has 0 bridgehead atoms. The predicted octanol–water partition coefficient (Wildman–Crippen LogP) is 22.1. The first-order valence-electron chi connectivity index (χ1n) is 32.9. The lowest BCUT2D eigenvalue weighted by Gasteiger charge is -2.31. The van der Waals surface area contributed by atoms with E-state index in [1.165, 1.54) is 270 Å². The molecule has 0 aliphatic rings. The first-order valence-corrected chi connectivity index (χ1v) is 32.9. The molecule has 0 rings (SSSR count). The largest absolute Gasteiger partial charge is 0.465 e. The highest BCUT2D eigenvalue weighted by Crippen LogP contribution is 2.26. The van der Waals surface area contributed by atoms with E-state index in [2.05, 4.69) is 20.8 Å². The molecule has 0 aromatic heterocycles. The Morgan fingerprint density at radius 1 is 0.222 bits per heavy atom. The second-order valence-electron chi connectivity index (χ2n) is 23.1. The average molecular weight is 1020 g/mol. The van der Waals surface area contributed by atoms with Gasteiger partial charge in [0.25, 0.3) is 0 Å². The zero-order valence-corrected chi connectivity index (χ0v) is 49.5. The molecule has 0 N–H and O–H groups in total. The summed E-state index contributed by atoms with van der Waals surface area (Å²) in [6, 6.07) is 0. The molecule has 0 spiro atoms. The Balaban J connectivity index is 4.50. The maximum absolute atomic E-state index is 13.0. The summed E-state index contributed by atoms with van der Waals surface area (Å²) in [5.74, 6) is -0.629. The topological polar surface area (TPSA) is 78.9 Å². The van der Waals surface area contributed by atoms with Gasteiger partial charge in [0.2, 0.25) is 0 Å². The van der Waals surface area contributed by atoms with E-state index >= 15 is 0 Å². The first kappa shape index (κ1) is 70.4. The standard InChI is InChI=1S/C66H128O6/c1-5-9-12-15-18-21-24-27-30-33-36-39-42-45-48-51-54-57-63(67)70-60-66(8-4,61-71-64(68)58-55-52-49-46-43-40-37-34-31-28-25-22-19-16-13-10-6-2)62-72-65(69)59-56-53-50-47-44-41-38-35-32-29-26-23-20-17-14-11-7-3/h5-62H2,1-4H3. The minimum Gasteiger partial charge on any atom is -0.465 e. The Morgan fingerprint density at radius 2 is 0.361 bits per heavy atom. The third kappa shape index (κ3) is 53.2. The minimum atomic E-state index is -0.738. The van der Waals surface area contributed by atoms with Gasteiger partial charge in [-0.05, 0) is 25.7 Å². The van der Waals surface area contributed by atoms with Crippen LogP contribution in [0.1, 0.15) is 381 Å². The van der Waals surface area contributed by atoms with E-state index < -0.39 is 5.41 Å². The highest BCUT2D eigenvalue weighted by atomic mass is 16.6. The van der Waals surface area contributed by atoms with Gasteiger partial charge in [-0.1, -0.05) is 336 Å². The third-order valence-corrected chi connectivity index (χ3v) is 15.8. The Labute approximate surface area is 450 Å². The summed E-state index contributed by atoms with van der Waals surface area (Å²) in [7, 11) is 0. The summed E-state index contributed by atoms with van der Waals surface area (Å²) in [6.45, 7) is 9.16. The van der Waals surface area contributed by atoms with E-state index in [-0.39, 0.29) is 37.7 Å². The Bertz CT molecular complexity index is 974. The number of hydrogen-bond acceptors (Lipinski definition) is 6. The Hall–Kier alpha value is -1.59. The van der Waals surface area contributed by atoms with Gasteiger partial charge in [0, 0.05) is 19.3 Å². The number of rotatable bonds is 61. The Morgan fingerprint density at radius 3 is 0.500 bits per heavy atom. The maximum Gasteiger partial charge on any atom is 0.305 e. The molecule has 0 heterocycles. The maximum atomic E-state index is 13.0. The molecule has 0 amide bonds. The first-order chi connectivity index (χ1) is 35.4. The van der Waals surface area contributed by atoms with E-state index in [4.69, 9.17) is 14.2 Å². The van der Waals surface area contributed by atoms with Crippen LogP contribution in [0.25, 0.3) is 0 Å². The molecule has 6 heteroatoms. The van der Waals surface area contributed by atoms with Crippen molar-refractivity contribution in [1.82, 2.24) is 0 Å². The van der Waals surface area contributed by atoms with Crippen LogP contribution >= 0.6 is 0 Å². The molecule has 0 atom stereocenters. The molecule has 0 fully saturated rings. The molecule has 72 heavy (non-hydrogen) atoms. The van der Waals surface area contributed by atoms with Crippen LogP contribution in [0.2, 0.25) is 0 Å². The van der Waals surface area contributed by atoms with E-state index in [9.17, 15) is 14.4 Å². The third-order valence-electron chi connectivity index (χ3n) is 15.8. The molecule has 0 saturated heterocycles. The Kier molecular flexibility index (Phi) is 57.4. The van der Waals surface area contributed by atoms with Gasteiger partial charge in [0.05, 0.1) is 5.41 Å². The van der Waals surface area contributed by atoms with Gasteiger partial charge in [-0.3, -0.25) is 14.4 Å². The van der Waals surface area contributed by atoms with Gasteiger partial charge in [-0.2, -0.15) is 0 Å². The molecule has 0 radical (unpaired) electrons. The van der Waals surface area contributed by atoms with Crippen molar-refractivity contribution in [2.75, 3.05) is 19.8 Å². The van der Waals surface area contributed by atoms with Crippen LogP contribution in [0.4, 0.5) is 0 Å². The summed E-state index contributed by atoms with van der Waals surface area (Å²) >= 11 is 0. The van der Waals surface area contributed by atoms with Crippen molar-refractivity contribution >= 4 is 17.9 Å². The van der Waals surface area contributed by atoms with Gasteiger partial charge >= 0.3 is 17.9 Å². The molecule has 428 valence electrons. The van der Waals surface area contributed by atoms with Gasteiger partial charge < -0.3 is 14.2 Å². The lowest BCUT2D eigenvalue weighted by Crippen LogP contribution is -2.39. The molecule has 0 unspecified atom stereocenters. The van der Waals surface area contributed by atoms with Crippen LogP contribution in [0.3, 0.4) is 0 Å². The molecule has 0 saturated carbocycles.